The van der Waals surface area contributed by atoms with Gasteiger partial charge in [0.1, 0.15) is 22.7 Å². The molecule has 1 amide bonds. The average molecular weight is 437 g/mol. The zero-order valence-electron chi connectivity index (χ0n) is 16.6. The van der Waals surface area contributed by atoms with Crippen LogP contribution >= 0.6 is 0 Å². The second kappa shape index (κ2) is 9.47. The van der Waals surface area contributed by atoms with Crippen molar-refractivity contribution in [3.63, 3.8) is 0 Å². The number of pyridine rings is 1. The molecule has 0 atom stereocenters. The van der Waals surface area contributed by atoms with Crippen LogP contribution in [-0.4, -0.2) is 39.6 Å². The normalized spacial score (nSPS) is 10.4. The second-order valence-electron chi connectivity index (χ2n) is 6.65. The van der Waals surface area contributed by atoms with Crippen LogP contribution in [0, 0.1) is 0 Å². The van der Waals surface area contributed by atoms with Crippen molar-refractivity contribution in [1.82, 2.24) is 10.3 Å². The van der Waals surface area contributed by atoms with Crippen LogP contribution in [-0.2, 0) is 11.3 Å². The first-order valence-corrected chi connectivity index (χ1v) is 9.34. The molecule has 0 aliphatic heterocycles. The Kier molecular flexibility index (Phi) is 6.54. The number of para-hydroxylation sites is 1. The van der Waals surface area contributed by atoms with E-state index >= 15 is 0 Å². The summed E-state index contributed by atoms with van der Waals surface area (Å²) >= 11 is 0. The minimum atomic E-state index is -1.64. The number of benzene rings is 2. The SMILES string of the molecule is Nc1[nH]c(=O)c(C(=O)O)c(-c2ccccc2OCC(=O)NCc2ccccc2)c1C(=O)O. The summed E-state index contributed by atoms with van der Waals surface area (Å²) in [4.78, 5) is 50.0. The predicted octanol–water partition coefficient (Wildman–Crippen LogP) is 1.72. The third-order valence-corrected chi connectivity index (χ3v) is 4.52. The van der Waals surface area contributed by atoms with Crippen molar-refractivity contribution < 1.29 is 29.3 Å². The number of hydrogen-bond donors (Lipinski definition) is 5. The lowest BCUT2D eigenvalue weighted by Gasteiger charge is -2.16. The number of carbonyl (C=O) groups excluding carboxylic acids is 1. The van der Waals surface area contributed by atoms with Crippen LogP contribution in [0.3, 0.4) is 0 Å². The van der Waals surface area contributed by atoms with Gasteiger partial charge in [-0.15, -0.1) is 0 Å². The minimum Gasteiger partial charge on any atom is -0.483 e. The fourth-order valence-electron chi connectivity index (χ4n) is 3.11. The largest absolute Gasteiger partial charge is 0.483 e. The molecule has 2 aromatic carbocycles. The average Bonchev–Trinajstić information content (AvgIpc) is 2.76. The highest BCUT2D eigenvalue weighted by atomic mass is 16.5. The van der Waals surface area contributed by atoms with Gasteiger partial charge < -0.3 is 31.0 Å². The number of nitrogens with one attached hydrogen (secondary N) is 2. The Morgan fingerprint density at radius 1 is 0.938 bits per heavy atom. The first-order chi connectivity index (χ1) is 15.3. The molecule has 3 rings (SSSR count). The maximum atomic E-state index is 12.2. The second-order valence-corrected chi connectivity index (χ2v) is 6.65. The topological polar surface area (TPSA) is 172 Å². The number of carbonyl (C=O) groups is 3. The Hall–Kier alpha value is -4.60. The van der Waals surface area contributed by atoms with Gasteiger partial charge >= 0.3 is 11.9 Å². The van der Waals surface area contributed by atoms with E-state index < -0.39 is 52.5 Å². The summed E-state index contributed by atoms with van der Waals surface area (Å²) in [5.41, 5.74) is 3.67. The van der Waals surface area contributed by atoms with Gasteiger partial charge in [-0.25, -0.2) is 9.59 Å². The van der Waals surface area contributed by atoms with Crippen molar-refractivity contribution in [2.45, 2.75) is 6.54 Å². The van der Waals surface area contributed by atoms with Crippen molar-refractivity contribution in [2.24, 2.45) is 0 Å². The van der Waals surface area contributed by atoms with Crippen LogP contribution in [0.25, 0.3) is 11.1 Å². The van der Waals surface area contributed by atoms with E-state index in [1.165, 1.54) is 18.2 Å². The molecule has 10 nitrogen and oxygen atoms in total. The molecule has 0 bridgehead atoms. The number of nitrogens with two attached hydrogens (primary N) is 1. The van der Waals surface area contributed by atoms with Gasteiger partial charge in [-0.2, -0.15) is 0 Å². The van der Waals surface area contributed by atoms with E-state index in [1.54, 1.807) is 6.07 Å². The lowest BCUT2D eigenvalue weighted by molar-refractivity contribution is -0.123. The molecule has 0 unspecified atom stereocenters. The number of nitrogen functional groups attached to an aromatic ring is 1. The molecule has 10 heteroatoms. The summed E-state index contributed by atoms with van der Waals surface area (Å²) in [5, 5.41) is 21.8. The van der Waals surface area contributed by atoms with Crippen LogP contribution in [0.15, 0.2) is 59.4 Å². The van der Waals surface area contributed by atoms with Crippen LogP contribution in [0.2, 0.25) is 0 Å². The first-order valence-electron chi connectivity index (χ1n) is 9.34. The summed E-state index contributed by atoms with van der Waals surface area (Å²) in [5.74, 6) is -4.12. The molecule has 0 fully saturated rings. The Labute approximate surface area is 181 Å². The third kappa shape index (κ3) is 4.75. The number of aromatic amines is 1. The van der Waals surface area contributed by atoms with Crippen molar-refractivity contribution in [1.29, 1.82) is 0 Å². The van der Waals surface area contributed by atoms with Crippen LogP contribution in [0.4, 0.5) is 5.82 Å². The van der Waals surface area contributed by atoms with E-state index in [9.17, 15) is 29.4 Å². The Morgan fingerprint density at radius 3 is 2.22 bits per heavy atom. The summed E-state index contributed by atoms with van der Waals surface area (Å²) in [6.45, 7) is -0.144. The van der Waals surface area contributed by atoms with Gasteiger partial charge in [-0.3, -0.25) is 9.59 Å². The van der Waals surface area contributed by atoms with E-state index in [2.05, 4.69) is 5.32 Å². The van der Waals surface area contributed by atoms with Crippen LogP contribution in [0.5, 0.6) is 5.75 Å². The van der Waals surface area contributed by atoms with Crippen molar-refractivity contribution in [3.8, 4) is 16.9 Å². The summed E-state index contributed by atoms with van der Waals surface area (Å²) in [6.07, 6.45) is 0. The molecule has 0 aliphatic rings. The standard InChI is InChI=1S/C22H19N3O7/c23-19-17(21(28)29)16(18(22(30)31)20(27)25-19)13-8-4-5-9-14(13)32-11-15(26)24-10-12-6-2-1-3-7-12/h1-9H,10-11H2,(H,24,26)(H,28,29)(H,30,31)(H3,23,25,27). The maximum absolute atomic E-state index is 12.2. The van der Waals surface area contributed by atoms with Crippen molar-refractivity contribution >= 4 is 23.7 Å². The number of aromatic carboxylic acids is 2. The van der Waals surface area contributed by atoms with Gasteiger partial charge in [0.2, 0.25) is 0 Å². The summed E-state index contributed by atoms with van der Waals surface area (Å²) in [6, 6.07) is 15.1. The van der Waals surface area contributed by atoms with Gasteiger partial charge in [-0.1, -0.05) is 48.5 Å². The lowest BCUT2D eigenvalue weighted by atomic mass is 9.94. The number of carboxylic acids is 2. The van der Waals surface area contributed by atoms with Crippen LogP contribution < -0.4 is 21.3 Å². The maximum Gasteiger partial charge on any atom is 0.342 e. The van der Waals surface area contributed by atoms with E-state index in [-0.39, 0.29) is 17.9 Å². The fraction of sp³-hybridized carbons (Fsp3) is 0.0909. The molecule has 1 aromatic heterocycles. The lowest BCUT2D eigenvalue weighted by Crippen LogP contribution is -2.28. The summed E-state index contributed by atoms with van der Waals surface area (Å²) in [7, 11) is 0. The number of amides is 1. The third-order valence-electron chi connectivity index (χ3n) is 4.52. The smallest absolute Gasteiger partial charge is 0.342 e. The monoisotopic (exact) mass is 437 g/mol. The molecule has 3 aromatic rings. The highest BCUT2D eigenvalue weighted by Gasteiger charge is 2.28. The zero-order chi connectivity index (χ0) is 23.3. The summed E-state index contributed by atoms with van der Waals surface area (Å²) < 4.78 is 5.54. The number of aromatic nitrogens is 1. The van der Waals surface area contributed by atoms with E-state index in [1.807, 2.05) is 35.3 Å². The molecule has 0 saturated carbocycles. The molecule has 0 radical (unpaired) electrons. The molecule has 32 heavy (non-hydrogen) atoms. The van der Waals surface area contributed by atoms with Gasteiger partial charge in [0.15, 0.2) is 6.61 Å². The van der Waals surface area contributed by atoms with E-state index in [0.717, 1.165) is 5.56 Å². The number of rotatable bonds is 8. The van der Waals surface area contributed by atoms with Gasteiger partial charge in [0.25, 0.3) is 11.5 Å². The molecule has 0 aliphatic carbocycles. The fourth-order valence-corrected chi connectivity index (χ4v) is 3.11. The zero-order valence-corrected chi connectivity index (χ0v) is 16.6. The Bertz CT molecular complexity index is 1240. The Morgan fingerprint density at radius 2 is 1.56 bits per heavy atom. The first kappa shape index (κ1) is 22.1. The number of H-pyrrole nitrogens is 1. The predicted molar refractivity (Wildman–Crippen MR) is 115 cm³/mol. The molecular weight excluding hydrogens is 418 g/mol. The van der Waals surface area contributed by atoms with Gasteiger partial charge in [0.05, 0.1) is 0 Å². The molecular formula is C22H19N3O7. The molecule has 0 spiro atoms. The number of carboxylic acid groups (broad SMARTS) is 2. The van der Waals surface area contributed by atoms with Gasteiger partial charge in [0, 0.05) is 17.7 Å². The molecule has 164 valence electrons. The van der Waals surface area contributed by atoms with E-state index in [4.69, 9.17) is 10.5 Å². The Balaban J connectivity index is 1.93. The number of ether oxygens (including phenoxy) is 1. The van der Waals surface area contributed by atoms with Crippen molar-refractivity contribution in [3.05, 3.63) is 81.6 Å². The highest BCUT2D eigenvalue weighted by molar-refractivity contribution is 6.08. The van der Waals surface area contributed by atoms with E-state index in [0.29, 0.717) is 0 Å². The molecule has 1 heterocycles. The molecule has 0 saturated heterocycles. The number of hydrogen-bond acceptors (Lipinski definition) is 6. The number of anilines is 1. The van der Waals surface area contributed by atoms with Crippen LogP contribution in [0.1, 0.15) is 26.3 Å². The van der Waals surface area contributed by atoms with Gasteiger partial charge in [-0.05, 0) is 11.6 Å². The quantitative estimate of drug-likeness (QED) is 0.354. The minimum absolute atomic E-state index is 0.00374. The highest BCUT2D eigenvalue weighted by Crippen LogP contribution is 2.35. The van der Waals surface area contributed by atoms with Crippen molar-refractivity contribution in [2.75, 3.05) is 12.3 Å². The molecule has 6 N–H and O–H groups in total.